The summed E-state index contributed by atoms with van der Waals surface area (Å²) in [6, 6.07) is 25.9. The fourth-order valence-electron chi connectivity index (χ4n) is 3.63. The van der Waals surface area contributed by atoms with E-state index in [4.69, 9.17) is 10.1 Å². The number of hydrogen-bond donors (Lipinski definition) is 0. The van der Waals surface area contributed by atoms with Gasteiger partial charge in [-0.05, 0) is 29.2 Å². The standard InChI is InChI=1S/C26H22N4OS/c1-17(2)19-12-14-20(15-13-19)23-25(31)28-24-21-10-6-7-11-22(21)27-26(30(24)29-23)32-16-18-8-4-3-5-9-18/h3-15,17H,16H2,1-2H3. The number of rotatable bonds is 5. The number of thioether (sulfide) groups is 1. The van der Waals surface area contributed by atoms with Gasteiger partial charge in [0.1, 0.15) is 0 Å². The summed E-state index contributed by atoms with van der Waals surface area (Å²) >= 11 is 1.58. The van der Waals surface area contributed by atoms with Crippen LogP contribution in [0.3, 0.4) is 0 Å². The Morgan fingerprint density at radius 1 is 0.875 bits per heavy atom. The summed E-state index contributed by atoms with van der Waals surface area (Å²) in [5.41, 5.74) is 4.49. The van der Waals surface area contributed by atoms with Gasteiger partial charge >= 0.3 is 0 Å². The number of aromatic nitrogens is 4. The minimum Gasteiger partial charge on any atom is -0.265 e. The van der Waals surface area contributed by atoms with E-state index in [9.17, 15) is 4.79 Å². The molecule has 3 aromatic carbocycles. The fraction of sp³-hybridized carbons (Fsp3) is 0.154. The van der Waals surface area contributed by atoms with Crippen molar-refractivity contribution in [3.8, 4) is 11.3 Å². The second kappa shape index (κ2) is 8.55. The van der Waals surface area contributed by atoms with Crippen molar-refractivity contribution in [3.05, 3.63) is 100 Å². The number of benzene rings is 3. The Morgan fingerprint density at radius 3 is 2.34 bits per heavy atom. The predicted molar refractivity (Wildman–Crippen MR) is 130 cm³/mol. The van der Waals surface area contributed by atoms with Gasteiger partial charge in [0.05, 0.1) is 5.52 Å². The molecular weight excluding hydrogens is 416 g/mol. The first kappa shape index (κ1) is 20.4. The average molecular weight is 439 g/mol. The lowest BCUT2D eigenvalue weighted by atomic mass is 10.0. The molecule has 0 saturated heterocycles. The van der Waals surface area contributed by atoms with E-state index < -0.39 is 0 Å². The minimum absolute atomic E-state index is 0.330. The van der Waals surface area contributed by atoms with Crippen LogP contribution in [0.25, 0.3) is 27.8 Å². The summed E-state index contributed by atoms with van der Waals surface area (Å²) in [6.07, 6.45) is 0. The molecule has 2 aromatic heterocycles. The monoisotopic (exact) mass is 438 g/mol. The van der Waals surface area contributed by atoms with Crippen molar-refractivity contribution in [2.75, 3.05) is 0 Å². The Kier molecular flexibility index (Phi) is 5.45. The lowest BCUT2D eigenvalue weighted by Crippen LogP contribution is -2.17. The van der Waals surface area contributed by atoms with Crippen LogP contribution in [0.2, 0.25) is 0 Å². The minimum atomic E-state index is -0.336. The van der Waals surface area contributed by atoms with Gasteiger partial charge in [-0.1, -0.05) is 92.3 Å². The van der Waals surface area contributed by atoms with Gasteiger partial charge in [0.25, 0.3) is 5.56 Å². The molecule has 5 aromatic rings. The van der Waals surface area contributed by atoms with Crippen molar-refractivity contribution < 1.29 is 0 Å². The highest BCUT2D eigenvalue weighted by Gasteiger charge is 2.15. The Balaban J connectivity index is 1.67. The van der Waals surface area contributed by atoms with Gasteiger partial charge < -0.3 is 0 Å². The molecule has 5 rings (SSSR count). The highest BCUT2D eigenvalue weighted by atomic mass is 32.2. The van der Waals surface area contributed by atoms with E-state index in [0.717, 1.165) is 22.2 Å². The molecule has 0 saturated carbocycles. The Bertz CT molecular complexity index is 1460. The molecule has 158 valence electrons. The van der Waals surface area contributed by atoms with Crippen molar-refractivity contribution in [3.63, 3.8) is 0 Å². The first-order valence-electron chi connectivity index (χ1n) is 10.6. The third-order valence-corrected chi connectivity index (χ3v) is 6.41. The van der Waals surface area contributed by atoms with Crippen LogP contribution < -0.4 is 5.56 Å². The quantitative estimate of drug-likeness (QED) is 0.199. The fourth-order valence-corrected chi connectivity index (χ4v) is 4.53. The predicted octanol–water partition coefficient (Wildman–Crippen LogP) is 5.72. The summed E-state index contributed by atoms with van der Waals surface area (Å²) in [5, 5.41) is 6.25. The van der Waals surface area contributed by atoms with Crippen LogP contribution in [-0.2, 0) is 5.75 Å². The molecule has 0 atom stereocenters. The van der Waals surface area contributed by atoms with Gasteiger partial charge in [0, 0.05) is 16.7 Å². The Labute approximate surface area is 190 Å². The van der Waals surface area contributed by atoms with Crippen molar-refractivity contribution in [1.29, 1.82) is 0 Å². The molecule has 0 unspecified atom stereocenters. The summed E-state index contributed by atoms with van der Waals surface area (Å²) in [4.78, 5) is 22.3. The maximum Gasteiger partial charge on any atom is 0.300 e. The topological polar surface area (TPSA) is 60.1 Å². The molecule has 0 bridgehead atoms. The zero-order chi connectivity index (χ0) is 22.1. The third-order valence-electron chi connectivity index (χ3n) is 5.41. The van der Waals surface area contributed by atoms with Gasteiger partial charge in [0.15, 0.2) is 16.5 Å². The van der Waals surface area contributed by atoms with Crippen molar-refractivity contribution in [2.24, 2.45) is 0 Å². The lowest BCUT2D eigenvalue weighted by molar-refractivity contribution is 0.769. The second-order valence-corrected chi connectivity index (χ2v) is 8.91. The largest absolute Gasteiger partial charge is 0.300 e. The zero-order valence-electron chi connectivity index (χ0n) is 17.9. The Morgan fingerprint density at radius 2 is 1.59 bits per heavy atom. The molecule has 0 amide bonds. The molecule has 0 aliphatic heterocycles. The number of nitrogens with zero attached hydrogens (tertiary/aromatic N) is 4. The summed E-state index contributed by atoms with van der Waals surface area (Å²) in [5.74, 6) is 1.16. The van der Waals surface area contributed by atoms with Crippen LogP contribution in [0, 0.1) is 0 Å². The molecule has 0 aliphatic rings. The lowest BCUT2D eigenvalue weighted by Gasteiger charge is -2.11. The summed E-state index contributed by atoms with van der Waals surface area (Å²) in [6.45, 7) is 4.29. The second-order valence-electron chi connectivity index (χ2n) is 7.96. The maximum atomic E-state index is 13.0. The van der Waals surface area contributed by atoms with Crippen LogP contribution in [0.4, 0.5) is 0 Å². The van der Waals surface area contributed by atoms with Crippen LogP contribution in [-0.4, -0.2) is 19.6 Å². The number of fused-ring (bicyclic) bond motifs is 3. The Hall–Kier alpha value is -3.51. The van der Waals surface area contributed by atoms with Crippen LogP contribution in [0.1, 0.15) is 30.9 Å². The number of para-hydroxylation sites is 1. The first-order chi connectivity index (χ1) is 15.6. The number of hydrogen-bond acceptors (Lipinski definition) is 5. The van der Waals surface area contributed by atoms with Crippen molar-refractivity contribution >= 4 is 28.3 Å². The van der Waals surface area contributed by atoms with Gasteiger partial charge in [-0.25, -0.2) is 4.98 Å². The normalized spacial score (nSPS) is 11.5. The van der Waals surface area contributed by atoms with Gasteiger partial charge in [-0.2, -0.15) is 14.6 Å². The smallest absolute Gasteiger partial charge is 0.265 e. The van der Waals surface area contributed by atoms with Crippen LogP contribution in [0.5, 0.6) is 0 Å². The molecule has 0 fully saturated rings. The third kappa shape index (κ3) is 3.89. The molecule has 32 heavy (non-hydrogen) atoms. The van der Waals surface area contributed by atoms with E-state index in [1.54, 1.807) is 16.3 Å². The molecule has 6 heteroatoms. The molecule has 0 spiro atoms. The van der Waals surface area contributed by atoms with E-state index >= 15 is 0 Å². The van der Waals surface area contributed by atoms with E-state index in [-0.39, 0.29) is 5.56 Å². The van der Waals surface area contributed by atoms with Gasteiger partial charge in [-0.3, -0.25) is 4.79 Å². The summed E-state index contributed by atoms with van der Waals surface area (Å²) < 4.78 is 1.71. The van der Waals surface area contributed by atoms with E-state index in [1.165, 1.54) is 11.1 Å². The molecule has 5 nitrogen and oxygen atoms in total. The van der Waals surface area contributed by atoms with E-state index in [2.05, 4.69) is 31.0 Å². The first-order valence-corrected chi connectivity index (χ1v) is 11.6. The molecule has 2 heterocycles. The molecule has 0 N–H and O–H groups in total. The maximum absolute atomic E-state index is 13.0. The van der Waals surface area contributed by atoms with Crippen molar-refractivity contribution in [1.82, 2.24) is 19.6 Å². The molecule has 0 aliphatic carbocycles. The SMILES string of the molecule is CC(C)c1ccc(-c2nn3c(SCc4ccccc4)nc4ccccc4c3nc2=O)cc1. The average Bonchev–Trinajstić information content (AvgIpc) is 2.83. The summed E-state index contributed by atoms with van der Waals surface area (Å²) in [7, 11) is 0. The van der Waals surface area contributed by atoms with E-state index in [0.29, 0.717) is 22.4 Å². The molecular formula is C26H22N4OS. The van der Waals surface area contributed by atoms with Gasteiger partial charge in [0.2, 0.25) is 0 Å². The zero-order valence-corrected chi connectivity index (χ0v) is 18.7. The van der Waals surface area contributed by atoms with Crippen LogP contribution >= 0.6 is 11.8 Å². The highest BCUT2D eigenvalue weighted by Crippen LogP contribution is 2.26. The van der Waals surface area contributed by atoms with Crippen LogP contribution in [0.15, 0.2) is 88.8 Å². The van der Waals surface area contributed by atoms with Crippen molar-refractivity contribution in [2.45, 2.75) is 30.7 Å². The van der Waals surface area contributed by atoms with E-state index in [1.807, 2.05) is 66.7 Å². The molecule has 0 radical (unpaired) electrons. The highest BCUT2D eigenvalue weighted by molar-refractivity contribution is 7.98. The van der Waals surface area contributed by atoms with Gasteiger partial charge in [-0.15, -0.1) is 0 Å².